The van der Waals surface area contributed by atoms with Crippen molar-refractivity contribution >= 4 is 5.78 Å². The van der Waals surface area contributed by atoms with E-state index in [4.69, 9.17) is 9.52 Å². The van der Waals surface area contributed by atoms with Gasteiger partial charge in [-0.3, -0.25) is 4.79 Å². The van der Waals surface area contributed by atoms with Crippen molar-refractivity contribution in [3.8, 4) is 5.75 Å². The highest BCUT2D eigenvalue weighted by Gasteiger charge is 2.08. The number of hydrogen-bond donors (Lipinski definition) is 2. The van der Waals surface area contributed by atoms with E-state index in [-0.39, 0.29) is 23.7 Å². The molecule has 148 valence electrons. The number of rotatable bonds is 16. The zero-order chi connectivity index (χ0) is 19.0. The molecule has 1 rings (SSSR count). The van der Waals surface area contributed by atoms with Crippen molar-refractivity contribution < 1.29 is 19.4 Å². The summed E-state index contributed by atoms with van der Waals surface area (Å²) in [5.74, 6) is 0.116. The molecule has 0 saturated carbocycles. The minimum atomic E-state index is -0.627. The Morgan fingerprint density at radius 3 is 1.81 bits per heavy atom. The summed E-state index contributed by atoms with van der Waals surface area (Å²) in [5.41, 5.74) is -0.627. The summed E-state index contributed by atoms with van der Waals surface area (Å²) < 4.78 is 4.90. The van der Waals surface area contributed by atoms with Crippen molar-refractivity contribution in [2.75, 3.05) is 6.61 Å². The van der Waals surface area contributed by atoms with Gasteiger partial charge in [0.25, 0.3) is 0 Å². The Bertz CT molecular complexity index is 550. The van der Waals surface area contributed by atoms with Gasteiger partial charge in [-0.05, 0) is 12.8 Å². The van der Waals surface area contributed by atoms with Gasteiger partial charge in [-0.15, -0.1) is 0 Å². The van der Waals surface area contributed by atoms with E-state index in [1.807, 2.05) is 0 Å². The standard InChI is InChI=1S/C21H34O5/c22-14-12-10-8-6-4-2-1-3-5-7-9-11-13-18(23)15-20-16-19(24)17-21(25)26-20/h16-17,22,24H,1-15H2. The molecule has 0 radical (unpaired) electrons. The lowest BCUT2D eigenvalue weighted by Gasteiger charge is -2.03. The first-order valence-corrected chi connectivity index (χ1v) is 10.1. The zero-order valence-electron chi connectivity index (χ0n) is 15.9. The highest BCUT2D eigenvalue weighted by atomic mass is 16.4. The lowest BCUT2D eigenvalue weighted by Crippen LogP contribution is -2.06. The summed E-state index contributed by atoms with van der Waals surface area (Å²) in [4.78, 5) is 23.0. The molecule has 2 N–H and O–H groups in total. The van der Waals surface area contributed by atoms with Gasteiger partial charge in [-0.2, -0.15) is 0 Å². The quantitative estimate of drug-likeness (QED) is 0.420. The molecular formula is C21H34O5. The van der Waals surface area contributed by atoms with Crippen molar-refractivity contribution in [1.82, 2.24) is 0 Å². The summed E-state index contributed by atoms with van der Waals surface area (Å²) in [6, 6.07) is 2.32. The van der Waals surface area contributed by atoms with E-state index in [2.05, 4.69) is 0 Å². The fraction of sp³-hybridized carbons (Fsp3) is 0.714. The second-order valence-corrected chi connectivity index (χ2v) is 7.03. The molecule has 0 bridgehead atoms. The van der Waals surface area contributed by atoms with Crippen molar-refractivity contribution in [3.05, 3.63) is 28.3 Å². The van der Waals surface area contributed by atoms with Crippen LogP contribution in [0.4, 0.5) is 0 Å². The van der Waals surface area contributed by atoms with Crippen molar-refractivity contribution in [1.29, 1.82) is 0 Å². The molecule has 26 heavy (non-hydrogen) atoms. The van der Waals surface area contributed by atoms with E-state index < -0.39 is 5.63 Å². The van der Waals surface area contributed by atoms with Gasteiger partial charge in [0.2, 0.25) is 0 Å². The third-order valence-corrected chi connectivity index (χ3v) is 4.54. The molecule has 1 aromatic heterocycles. The first-order chi connectivity index (χ1) is 12.6. The lowest BCUT2D eigenvalue weighted by molar-refractivity contribution is -0.118. The molecule has 0 amide bonds. The Morgan fingerprint density at radius 1 is 0.808 bits per heavy atom. The van der Waals surface area contributed by atoms with Crippen LogP contribution in [0.5, 0.6) is 5.75 Å². The Balaban J connectivity index is 1.92. The topological polar surface area (TPSA) is 87.7 Å². The number of unbranched alkanes of at least 4 members (excludes halogenated alkanes) is 11. The van der Waals surface area contributed by atoms with Crippen LogP contribution in [0.25, 0.3) is 0 Å². The maximum atomic E-state index is 11.9. The van der Waals surface area contributed by atoms with Gasteiger partial charge in [0.05, 0.1) is 12.5 Å². The van der Waals surface area contributed by atoms with E-state index >= 15 is 0 Å². The highest BCUT2D eigenvalue weighted by molar-refractivity contribution is 5.80. The second kappa shape index (κ2) is 14.5. The van der Waals surface area contributed by atoms with Gasteiger partial charge >= 0.3 is 5.63 Å². The SMILES string of the molecule is O=C(CCCCCCCCCCCCCCO)Cc1cc(O)cc(=O)o1. The average Bonchev–Trinajstić information content (AvgIpc) is 2.58. The molecule has 0 aliphatic carbocycles. The molecule has 1 heterocycles. The fourth-order valence-corrected chi connectivity index (χ4v) is 3.09. The van der Waals surface area contributed by atoms with E-state index in [1.54, 1.807) is 0 Å². The average molecular weight is 366 g/mol. The maximum absolute atomic E-state index is 11.9. The van der Waals surface area contributed by atoms with E-state index in [0.29, 0.717) is 13.0 Å². The van der Waals surface area contributed by atoms with Gasteiger partial charge in [0.1, 0.15) is 17.3 Å². The number of hydrogen-bond acceptors (Lipinski definition) is 5. The van der Waals surface area contributed by atoms with Gasteiger partial charge in [-0.1, -0.05) is 64.2 Å². The van der Waals surface area contributed by atoms with Gasteiger partial charge in [-0.25, -0.2) is 4.79 Å². The Morgan fingerprint density at radius 2 is 1.31 bits per heavy atom. The monoisotopic (exact) mass is 366 g/mol. The minimum absolute atomic E-state index is 0.0416. The molecule has 0 aromatic carbocycles. The van der Waals surface area contributed by atoms with E-state index in [1.165, 1.54) is 51.0 Å². The Kier molecular flexibility index (Phi) is 12.5. The van der Waals surface area contributed by atoms with Gasteiger partial charge < -0.3 is 14.6 Å². The third-order valence-electron chi connectivity index (χ3n) is 4.54. The molecule has 0 aliphatic rings. The largest absolute Gasteiger partial charge is 0.508 e. The summed E-state index contributed by atoms with van der Waals surface area (Å²) >= 11 is 0. The molecule has 1 aromatic rings. The first kappa shape index (κ1) is 22.4. The minimum Gasteiger partial charge on any atom is -0.508 e. The molecule has 0 saturated heterocycles. The van der Waals surface area contributed by atoms with Crippen molar-refractivity contribution in [2.24, 2.45) is 0 Å². The number of carbonyl (C=O) groups is 1. The second-order valence-electron chi connectivity index (χ2n) is 7.03. The number of ketones is 1. The van der Waals surface area contributed by atoms with Crippen LogP contribution < -0.4 is 5.63 Å². The molecule has 0 spiro atoms. The van der Waals surface area contributed by atoms with Crippen LogP contribution in [0.2, 0.25) is 0 Å². The molecule has 0 fully saturated rings. The summed E-state index contributed by atoms with van der Waals surface area (Å²) in [7, 11) is 0. The van der Waals surface area contributed by atoms with Crippen LogP contribution in [-0.4, -0.2) is 22.6 Å². The lowest BCUT2D eigenvalue weighted by atomic mass is 10.0. The van der Waals surface area contributed by atoms with Crippen LogP contribution in [0.1, 0.15) is 89.2 Å². The first-order valence-electron chi connectivity index (χ1n) is 10.1. The van der Waals surface area contributed by atoms with Crippen LogP contribution in [0.3, 0.4) is 0 Å². The smallest absolute Gasteiger partial charge is 0.339 e. The van der Waals surface area contributed by atoms with Crippen LogP contribution in [-0.2, 0) is 11.2 Å². The summed E-state index contributed by atoms with van der Waals surface area (Å²) in [6.07, 6.45) is 14.6. The number of carbonyl (C=O) groups excluding carboxylic acids is 1. The number of aliphatic hydroxyl groups excluding tert-OH is 1. The van der Waals surface area contributed by atoms with Crippen molar-refractivity contribution in [3.63, 3.8) is 0 Å². The van der Waals surface area contributed by atoms with Crippen LogP contribution in [0, 0.1) is 0 Å². The summed E-state index contributed by atoms with van der Waals surface area (Å²) in [6.45, 7) is 0.317. The number of Topliss-reactive ketones (excluding diaryl/α,β-unsaturated/α-hetero) is 1. The predicted octanol–water partition coefficient (Wildman–Crippen LogP) is 4.52. The normalized spacial score (nSPS) is 11.0. The number of aliphatic hydroxyl groups is 1. The van der Waals surface area contributed by atoms with Crippen LogP contribution in [0.15, 0.2) is 21.3 Å². The molecule has 5 nitrogen and oxygen atoms in total. The zero-order valence-corrected chi connectivity index (χ0v) is 15.9. The molecule has 5 heteroatoms. The Hall–Kier alpha value is -1.62. The molecule has 0 aliphatic heterocycles. The van der Waals surface area contributed by atoms with Gasteiger partial charge in [0.15, 0.2) is 0 Å². The van der Waals surface area contributed by atoms with Crippen LogP contribution >= 0.6 is 0 Å². The molecule has 0 unspecified atom stereocenters. The third kappa shape index (κ3) is 11.9. The maximum Gasteiger partial charge on any atom is 0.339 e. The highest BCUT2D eigenvalue weighted by Crippen LogP contribution is 2.14. The molecular weight excluding hydrogens is 332 g/mol. The van der Waals surface area contributed by atoms with Gasteiger partial charge in [0, 0.05) is 19.1 Å². The summed E-state index contributed by atoms with van der Waals surface area (Å²) in [5, 5.41) is 18.0. The number of aromatic hydroxyl groups is 1. The fourth-order valence-electron chi connectivity index (χ4n) is 3.09. The van der Waals surface area contributed by atoms with E-state index in [9.17, 15) is 14.7 Å². The van der Waals surface area contributed by atoms with Crippen molar-refractivity contribution in [2.45, 2.75) is 89.9 Å². The molecule has 0 atom stereocenters. The predicted molar refractivity (Wildman–Crippen MR) is 102 cm³/mol. The van der Waals surface area contributed by atoms with E-state index in [0.717, 1.165) is 38.2 Å². The Labute approximate surface area is 156 Å².